The molecule has 1 saturated heterocycles. The van der Waals surface area contributed by atoms with Crippen LogP contribution in [0.1, 0.15) is 10.4 Å². The molecule has 0 spiro atoms. The highest BCUT2D eigenvalue weighted by molar-refractivity contribution is 9.10. The van der Waals surface area contributed by atoms with E-state index < -0.39 is 0 Å². The second kappa shape index (κ2) is 5.94. The number of piperazine rings is 1. The Kier molecular flexibility index (Phi) is 4.28. The summed E-state index contributed by atoms with van der Waals surface area (Å²) < 4.78 is 0.578. The Morgan fingerprint density at radius 3 is 2.78 bits per heavy atom. The van der Waals surface area contributed by atoms with Crippen molar-refractivity contribution < 1.29 is 4.79 Å². The molecule has 5 nitrogen and oxygen atoms in total. The van der Waals surface area contributed by atoms with Gasteiger partial charge in [0.25, 0.3) is 5.91 Å². The number of hydrogen-bond donors (Lipinski definition) is 0. The van der Waals surface area contributed by atoms with Crippen molar-refractivity contribution in [2.24, 2.45) is 0 Å². The summed E-state index contributed by atoms with van der Waals surface area (Å²) in [6.45, 7) is 3.23. The fourth-order valence-electron chi connectivity index (χ4n) is 1.92. The van der Waals surface area contributed by atoms with Crippen LogP contribution in [0.2, 0.25) is 0 Å². The summed E-state index contributed by atoms with van der Waals surface area (Å²) in [4.78, 5) is 20.2. The van der Waals surface area contributed by atoms with Crippen molar-refractivity contribution in [1.29, 1.82) is 5.26 Å². The molecular weight excluding hydrogens is 296 g/mol. The van der Waals surface area contributed by atoms with Gasteiger partial charge in [-0.2, -0.15) is 5.26 Å². The maximum atomic E-state index is 12.3. The van der Waals surface area contributed by atoms with Crippen LogP contribution in [0.25, 0.3) is 0 Å². The number of amides is 1. The fraction of sp³-hybridized carbons (Fsp3) is 0.417. The summed E-state index contributed by atoms with van der Waals surface area (Å²) in [5, 5.41) is 8.62. The van der Waals surface area contributed by atoms with Crippen molar-refractivity contribution in [3.63, 3.8) is 0 Å². The van der Waals surface area contributed by atoms with Crippen LogP contribution in [-0.2, 0) is 0 Å². The highest BCUT2D eigenvalue weighted by Gasteiger charge is 2.23. The lowest BCUT2D eigenvalue weighted by molar-refractivity contribution is 0.0650. The number of nitriles is 1. The molecule has 1 aliphatic rings. The molecule has 1 aromatic heterocycles. The molecule has 0 radical (unpaired) electrons. The minimum atomic E-state index is -0.00779. The van der Waals surface area contributed by atoms with E-state index in [2.05, 4.69) is 27.0 Å². The quantitative estimate of drug-likeness (QED) is 0.607. The van der Waals surface area contributed by atoms with E-state index in [0.29, 0.717) is 29.8 Å². The normalized spacial score (nSPS) is 16.3. The second-order valence-electron chi connectivity index (χ2n) is 4.07. The molecule has 1 amide bonds. The monoisotopic (exact) mass is 308 g/mol. The summed E-state index contributed by atoms with van der Waals surface area (Å²) in [5.41, 5.74) is 0.589. The smallest absolute Gasteiger partial charge is 0.256 e. The maximum absolute atomic E-state index is 12.3. The van der Waals surface area contributed by atoms with Gasteiger partial charge >= 0.3 is 0 Å². The van der Waals surface area contributed by atoms with Gasteiger partial charge in [-0.25, -0.2) is 4.98 Å². The molecule has 2 rings (SSSR count). The third kappa shape index (κ3) is 2.86. The van der Waals surface area contributed by atoms with Gasteiger partial charge in [-0.15, -0.1) is 0 Å². The molecule has 0 atom stereocenters. The Bertz CT molecular complexity index is 477. The van der Waals surface area contributed by atoms with Gasteiger partial charge in [0, 0.05) is 32.4 Å². The molecular formula is C12H13BrN4O. The van der Waals surface area contributed by atoms with Crippen LogP contribution in [0, 0.1) is 11.3 Å². The Labute approximate surface area is 114 Å². The summed E-state index contributed by atoms with van der Waals surface area (Å²) in [5.74, 6) is -0.00779. The first-order valence-corrected chi connectivity index (χ1v) is 6.51. The van der Waals surface area contributed by atoms with Crippen LogP contribution in [0.4, 0.5) is 0 Å². The van der Waals surface area contributed by atoms with Crippen LogP contribution >= 0.6 is 15.9 Å². The van der Waals surface area contributed by atoms with Crippen molar-refractivity contribution in [1.82, 2.24) is 14.8 Å². The number of rotatable bonds is 2. The Hall–Kier alpha value is -1.45. The third-order valence-electron chi connectivity index (χ3n) is 2.94. The number of hydrogen-bond acceptors (Lipinski definition) is 4. The lowest BCUT2D eigenvalue weighted by atomic mass is 10.2. The fourth-order valence-corrected chi connectivity index (χ4v) is 2.34. The number of halogens is 1. The summed E-state index contributed by atoms with van der Waals surface area (Å²) in [6, 6.07) is 5.65. The molecule has 0 saturated carbocycles. The van der Waals surface area contributed by atoms with Gasteiger partial charge in [-0.3, -0.25) is 9.69 Å². The average molecular weight is 309 g/mol. The van der Waals surface area contributed by atoms with Crippen molar-refractivity contribution in [3.8, 4) is 6.07 Å². The van der Waals surface area contributed by atoms with Crippen LogP contribution in [0.15, 0.2) is 22.9 Å². The Balaban J connectivity index is 2.00. The number of nitrogens with zero attached hydrogens (tertiary/aromatic N) is 4. The van der Waals surface area contributed by atoms with Crippen molar-refractivity contribution in [3.05, 3.63) is 28.5 Å². The molecule has 1 aromatic rings. The number of aromatic nitrogens is 1. The van der Waals surface area contributed by atoms with Gasteiger partial charge < -0.3 is 4.90 Å². The van der Waals surface area contributed by atoms with Crippen LogP contribution < -0.4 is 0 Å². The highest BCUT2D eigenvalue weighted by atomic mass is 79.9. The topological polar surface area (TPSA) is 60.2 Å². The predicted molar refractivity (Wildman–Crippen MR) is 69.9 cm³/mol. The van der Waals surface area contributed by atoms with E-state index in [4.69, 9.17) is 5.26 Å². The lowest BCUT2D eigenvalue weighted by Crippen LogP contribution is -2.48. The largest absolute Gasteiger partial charge is 0.336 e. The van der Waals surface area contributed by atoms with Gasteiger partial charge in [-0.05, 0) is 28.1 Å². The SMILES string of the molecule is N#CCN1CCN(C(=O)c2cccnc2Br)CC1. The standard InChI is InChI=1S/C12H13BrN4O/c13-11-10(2-1-4-15-11)12(18)17-8-6-16(5-3-14)7-9-17/h1-2,4H,5-9H2. The van der Waals surface area contributed by atoms with Gasteiger partial charge in [0.15, 0.2) is 0 Å². The van der Waals surface area contributed by atoms with Gasteiger partial charge in [0.1, 0.15) is 4.60 Å². The van der Waals surface area contributed by atoms with Crippen molar-refractivity contribution >= 4 is 21.8 Å². The summed E-state index contributed by atoms with van der Waals surface area (Å²) in [7, 11) is 0. The van der Waals surface area contributed by atoms with E-state index in [9.17, 15) is 4.79 Å². The van der Waals surface area contributed by atoms with E-state index in [0.717, 1.165) is 13.1 Å². The second-order valence-corrected chi connectivity index (χ2v) is 4.82. The molecule has 6 heteroatoms. The zero-order valence-corrected chi connectivity index (χ0v) is 11.4. The van der Waals surface area contributed by atoms with E-state index >= 15 is 0 Å². The Morgan fingerprint density at radius 2 is 2.17 bits per heavy atom. The molecule has 1 fully saturated rings. The number of carbonyl (C=O) groups is 1. The molecule has 18 heavy (non-hydrogen) atoms. The highest BCUT2D eigenvalue weighted by Crippen LogP contribution is 2.16. The zero-order chi connectivity index (χ0) is 13.0. The third-order valence-corrected chi connectivity index (χ3v) is 3.58. The minimum absolute atomic E-state index is 0.00779. The van der Waals surface area contributed by atoms with Crippen LogP contribution in [-0.4, -0.2) is 53.4 Å². The molecule has 0 aromatic carbocycles. The first-order valence-electron chi connectivity index (χ1n) is 5.71. The lowest BCUT2D eigenvalue weighted by Gasteiger charge is -2.33. The van der Waals surface area contributed by atoms with E-state index in [1.54, 1.807) is 23.2 Å². The van der Waals surface area contributed by atoms with E-state index in [1.165, 1.54) is 0 Å². The molecule has 0 N–H and O–H groups in total. The molecule has 0 aliphatic carbocycles. The first kappa shape index (κ1) is 13.0. The molecule has 94 valence electrons. The van der Waals surface area contributed by atoms with Gasteiger partial charge in [-0.1, -0.05) is 0 Å². The summed E-state index contributed by atoms with van der Waals surface area (Å²) >= 11 is 3.29. The average Bonchev–Trinajstić information content (AvgIpc) is 2.40. The Morgan fingerprint density at radius 1 is 1.44 bits per heavy atom. The van der Waals surface area contributed by atoms with E-state index in [1.807, 2.05) is 4.90 Å². The van der Waals surface area contributed by atoms with Gasteiger partial charge in [0.05, 0.1) is 18.2 Å². The molecule has 0 unspecified atom stereocenters. The van der Waals surface area contributed by atoms with E-state index in [-0.39, 0.29) is 5.91 Å². The van der Waals surface area contributed by atoms with Crippen LogP contribution in [0.5, 0.6) is 0 Å². The molecule has 0 bridgehead atoms. The zero-order valence-electron chi connectivity index (χ0n) is 9.84. The first-order chi connectivity index (χ1) is 8.72. The summed E-state index contributed by atoms with van der Waals surface area (Å²) in [6.07, 6.45) is 1.64. The molecule has 1 aliphatic heterocycles. The predicted octanol–water partition coefficient (Wildman–Crippen LogP) is 1.13. The number of pyridine rings is 1. The maximum Gasteiger partial charge on any atom is 0.256 e. The minimum Gasteiger partial charge on any atom is -0.336 e. The van der Waals surface area contributed by atoms with Crippen molar-refractivity contribution in [2.75, 3.05) is 32.7 Å². The van der Waals surface area contributed by atoms with Gasteiger partial charge in [0.2, 0.25) is 0 Å². The van der Waals surface area contributed by atoms with Crippen molar-refractivity contribution in [2.45, 2.75) is 0 Å². The number of carbonyl (C=O) groups excluding carboxylic acids is 1. The molecule has 2 heterocycles. The van der Waals surface area contributed by atoms with Crippen LogP contribution in [0.3, 0.4) is 0 Å².